The molecule has 5 nitrogen and oxygen atoms in total. The number of amides is 1. The third-order valence-electron chi connectivity index (χ3n) is 6.65. The molecule has 27 heavy (non-hydrogen) atoms. The van der Waals surface area contributed by atoms with Gasteiger partial charge in [0.2, 0.25) is 0 Å². The Morgan fingerprint density at radius 3 is 2.33 bits per heavy atom. The molecule has 0 aromatic heterocycles. The van der Waals surface area contributed by atoms with Gasteiger partial charge in [0.15, 0.2) is 4.90 Å². The average Bonchev–Trinajstić information content (AvgIpc) is 3.32. The van der Waals surface area contributed by atoms with E-state index in [1.807, 2.05) is 44.7 Å². The van der Waals surface area contributed by atoms with Crippen LogP contribution in [0.5, 0.6) is 0 Å². The minimum atomic E-state index is -1.26. The highest BCUT2D eigenvalue weighted by Crippen LogP contribution is 2.40. The lowest BCUT2D eigenvalue weighted by Gasteiger charge is -2.32. The molecule has 2 heterocycles. The van der Waals surface area contributed by atoms with Crippen molar-refractivity contribution in [3.63, 3.8) is 0 Å². The van der Waals surface area contributed by atoms with Crippen LogP contribution in [0.3, 0.4) is 0 Å². The van der Waals surface area contributed by atoms with E-state index in [2.05, 4.69) is 6.92 Å². The molecule has 2 unspecified atom stereocenters. The molecule has 1 saturated carbocycles. The second-order valence-electron chi connectivity index (χ2n) is 9.11. The zero-order valence-corrected chi connectivity index (χ0v) is 17.8. The minimum Gasteiger partial charge on any atom is -0.612 e. The second-order valence-corrected chi connectivity index (χ2v) is 10.5. The van der Waals surface area contributed by atoms with Crippen LogP contribution in [-0.4, -0.2) is 46.0 Å². The normalized spacial score (nSPS) is 25.7. The van der Waals surface area contributed by atoms with Crippen molar-refractivity contribution >= 4 is 29.7 Å². The first-order chi connectivity index (χ1) is 12.5. The molecule has 2 aliphatic heterocycles. The fraction of sp³-hybridized carbons (Fsp3) is 0.650. The van der Waals surface area contributed by atoms with Crippen LogP contribution in [-0.2, 0) is 27.0 Å². The first-order valence-corrected chi connectivity index (χ1v) is 11.2. The maximum Gasteiger partial charge on any atom is 0.495 e. The van der Waals surface area contributed by atoms with E-state index in [9.17, 15) is 9.35 Å². The third kappa shape index (κ3) is 3.13. The van der Waals surface area contributed by atoms with E-state index < -0.39 is 29.5 Å². The molecule has 0 bridgehead atoms. The average molecular weight is 389 g/mol. The number of rotatable bonds is 4. The molecule has 146 valence electrons. The Kier molecular flexibility index (Phi) is 4.46. The van der Waals surface area contributed by atoms with E-state index in [1.54, 1.807) is 6.26 Å². The fourth-order valence-corrected chi connectivity index (χ4v) is 4.78. The molecule has 1 saturated heterocycles. The molecule has 1 aliphatic carbocycles. The number of benzene rings is 1. The summed E-state index contributed by atoms with van der Waals surface area (Å²) in [7, 11) is -0.521. The van der Waals surface area contributed by atoms with Crippen molar-refractivity contribution in [3.05, 3.63) is 23.3 Å². The van der Waals surface area contributed by atoms with Crippen molar-refractivity contribution in [2.45, 2.75) is 76.1 Å². The molecule has 0 spiro atoms. The number of carbonyl (C=O) groups excluding carboxylic acids is 1. The van der Waals surface area contributed by atoms with Crippen LogP contribution in [0.15, 0.2) is 17.0 Å². The number of hydrogen-bond acceptors (Lipinski definition) is 4. The van der Waals surface area contributed by atoms with Gasteiger partial charge in [0, 0.05) is 12.6 Å². The van der Waals surface area contributed by atoms with Crippen LogP contribution >= 0.6 is 0 Å². The molecular weight excluding hydrogens is 361 g/mol. The van der Waals surface area contributed by atoms with Gasteiger partial charge in [0.1, 0.15) is 6.26 Å². The highest BCUT2D eigenvalue weighted by Gasteiger charge is 2.52. The minimum absolute atomic E-state index is 0.00932. The topological polar surface area (TPSA) is 61.8 Å². The summed E-state index contributed by atoms with van der Waals surface area (Å²) in [4.78, 5) is 15.6. The largest absolute Gasteiger partial charge is 0.612 e. The lowest BCUT2D eigenvalue weighted by atomic mass is 9.78. The van der Waals surface area contributed by atoms with Crippen LogP contribution in [0.25, 0.3) is 0 Å². The number of carbonyl (C=O) groups is 1. The Bertz CT molecular complexity index is 774. The Morgan fingerprint density at radius 1 is 1.22 bits per heavy atom. The summed E-state index contributed by atoms with van der Waals surface area (Å²) >= 11 is -1.26. The van der Waals surface area contributed by atoms with Gasteiger partial charge in [-0.3, -0.25) is 4.79 Å². The highest BCUT2D eigenvalue weighted by atomic mass is 32.2. The molecule has 2 fully saturated rings. The molecule has 0 N–H and O–H groups in total. The monoisotopic (exact) mass is 389 g/mol. The van der Waals surface area contributed by atoms with E-state index in [0.29, 0.717) is 22.9 Å². The summed E-state index contributed by atoms with van der Waals surface area (Å²) in [5.74, 6) is 0.608. The van der Waals surface area contributed by atoms with Gasteiger partial charge in [-0.05, 0) is 81.6 Å². The molecule has 4 rings (SSSR count). The van der Waals surface area contributed by atoms with Gasteiger partial charge >= 0.3 is 7.12 Å². The van der Waals surface area contributed by atoms with E-state index in [0.717, 1.165) is 11.0 Å². The molecule has 1 aromatic rings. The number of fused-ring (bicyclic) bond motifs is 1. The SMILES string of the molecule is CC(C1CC1)N1Cc2cc(B3OC(C)(C)C(C)(C)O3)cc([S+](C)[O-])c2C1=O. The molecule has 2 atom stereocenters. The Morgan fingerprint density at radius 2 is 1.81 bits per heavy atom. The van der Waals surface area contributed by atoms with Gasteiger partial charge in [-0.2, -0.15) is 0 Å². The lowest BCUT2D eigenvalue weighted by molar-refractivity contribution is 0.00578. The van der Waals surface area contributed by atoms with Crippen molar-refractivity contribution in [3.8, 4) is 0 Å². The first-order valence-electron chi connectivity index (χ1n) is 9.68. The number of hydrogen-bond donors (Lipinski definition) is 0. The molecule has 0 radical (unpaired) electrons. The van der Waals surface area contributed by atoms with Crippen molar-refractivity contribution in [2.75, 3.05) is 6.26 Å². The summed E-state index contributed by atoms with van der Waals surface area (Å²) in [6.45, 7) is 10.8. The second kappa shape index (κ2) is 6.24. The van der Waals surface area contributed by atoms with Crippen molar-refractivity contribution in [2.24, 2.45) is 5.92 Å². The lowest BCUT2D eigenvalue weighted by Crippen LogP contribution is -2.41. The quantitative estimate of drug-likeness (QED) is 0.586. The van der Waals surface area contributed by atoms with Crippen molar-refractivity contribution < 1.29 is 18.7 Å². The van der Waals surface area contributed by atoms with Gasteiger partial charge in [-0.1, -0.05) is 6.07 Å². The van der Waals surface area contributed by atoms with Crippen LogP contribution in [0.4, 0.5) is 0 Å². The maximum atomic E-state index is 13.1. The summed E-state index contributed by atoms with van der Waals surface area (Å²) in [5.41, 5.74) is 1.51. The van der Waals surface area contributed by atoms with E-state index in [4.69, 9.17) is 9.31 Å². The third-order valence-corrected chi connectivity index (χ3v) is 7.59. The summed E-state index contributed by atoms with van der Waals surface area (Å²) in [5, 5.41) is 0. The Balaban J connectivity index is 1.71. The van der Waals surface area contributed by atoms with E-state index >= 15 is 0 Å². The summed E-state index contributed by atoms with van der Waals surface area (Å²) in [6, 6.07) is 4.06. The summed E-state index contributed by atoms with van der Waals surface area (Å²) < 4.78 is 24.8. The molecular formula is C20H28BNO4S. The van der Waals surface area contributed by atoms with Gasteiger partial charge in [-0.25, -0.2) is 0 Å². The zero-order chi connectivity index (χ0) is 19.7. The molecule has 3 aliphatic rings. The van der Waals surface area contributed by atoms with Crippen LogP contribution in [0, 0.1) is 5.92 Å². The van der Waals surface area contributed by atoms with Crippen LogP contribution < -0.4 is 5.46 Å². The van der Waals surface area contributed by atoms with E-state index in [1.165, 1.54) is 12.8 Å². The van der Waals surface area contributed by atoms with Gasteiger partial charge in [0.05, 0.1) is 16.8 Å². The van der Waals surface area contributed by atoms with Crippen molar-refractivity contribution in [1.82, 2.24) is 4.90 Å². The predicted octanol–water partition coefficient (Wildman–Crippen LogP) is 2.48. The molecule has 1 aromatic carbocycles. The zero-order valence-electron chi connectivity index (χ0n) is 17.0. The van der Waals surface area contributed by atoms with Gasteiger partial charge in [-0.15, -0.1) is 0 Å². The standard InChI is InChI=1S/C20H28BNO4S/c1-12(13-7-8-13)22-11-14-9-15(10-16(27(6)24)17(14)18(22)23)21-25-19(2,3)20(4,5)26-21/h9-10,12-13H,7-8,11H2,1-6H3. The molecule has 7 heteroatoms. The fourth-order valence-electron chi connectivity index (χ4n) is 3.97. The Hall–Kier alpha value is -1.02. The predicted molar refractivity (Wildman–Crippen MR) is 107 cm³/mol. The first kappa shape index (κ1) is 19.3. The Labute approximate surface area is 165 Å². The van der Waals surface area contributed by atoms with E-state index in [-0.39, 0.29) is 11.9 Å². The summed E-state index contributed by atoms with van der Waals surface area (Å²) in [6.07, 6.45) is 4.00. The van der Waals surface area contributed by atoms with Crippen LogP contribution in [0.2, 0.25) is 0 Å². The van der Waals surface area contributed by atoms with Gasteiger partial charge in [0.25, 0.3) is 5.91 Å². The van der Waals surface area contributed by atoms with Gasteiger partial charge < -0.3 is 18.8 Å². The maximum absolute atomic E-state index is 13.1. The van der Waals surface area contributed by atoms with Crippen molar-refractivity contribution in [1.29, 1.82) is 0 Å². The smallest absolute Gasteiger partial charge is 0.495 e. The highest BCUT2D eigenvalue weighted by molar-refractivity contribution is 7.90. The molecule has 1 amide bonds. The number of nitrogens with zero attached hydrogens (tertiary/aromatic N) is 1. The van der Waals surface area contributed by atoms with Crippen LogP contribution in [0.1, 0.15) is 63.4 Å².